The largest absolute Gasteiger partial charge is 0.507 e. The molecule has 4 N–H and O–H groups in total. The third kappa shape index (κ3) is 2.97. The van der Waals surface area contributed by atoms with E-state index in [4.69, 9.17) is 5.11 Å². The second-order valence-corrected chi connectivity index (χ2v) is 5.72. The van der Waals surface area contributed by atoms with Gasteiger partial charge in [-0.15, -0.1) is 0 Å². The maximum Gasteiger partial charge on any atom is 0.304 e. The van der Waals surface area contributed by atoms with E-state index in [-0.39, 0.29) is 53.3 Å². The molecule has 2 aromatic rings. The molecule has 7 nitrogen and oxygen atoms in total. The SMILES string of the molecule is O=C(O)CCNCc1cc(O)c2c(c1)C(=O)c1cccc(O)c1C2=O. The number of hydrogen-bond acceptors (Lipinski definition) is 6. The highest BCUT2D eigenvalue weighted by Gasteiger charge is 2.34. The van der Waals surface area contributed by atoms with Crippen molar-refractivity contribution in [2.75, 3.05) is 6.54 Å². The summed E-state index contributed by atoms with van der Waals surface area (Å²) in [6.45, 7) is 0.471. The molecule has 128 valence electrons. The van der Waals surface area contributed by atoms with Crippen LogP contribution in [0.4, 0.5) is 0 Å². The Labute approximate surface area is 142 Å². The van der Waals surface area contributed by atoms with E-state index < -0.39 is 17.5 Å². The lowest BCUT2D eigenvalue weighted by molar-refractivity contribution is -0.136. The number of nitrogens with one attached hydrogen (secondary N) is 1. The van der Waals surface area contributed by atoms with Gasteiger partial charge in [-0.05, 0) is 23.8 Å². The Morgan fingerprint density at radius 2 is 1.68 bits per heavy atom. The predicted molar refractivity (Wildman–Crippen MR) is 87.0 cm³/mol. The lowest BCUT2D eigenvalue weighted by atomic mass is 9.82. The van der Waals surface area contributed by atoms with Gasteiger partial charge >= 0.3 is 5.97 Å². The van der Waals surface area contributed by atoms with E-state index in [1.165, 1.54) is 30.3 Å². The van der Waals surface area contributed by atoms with Gasteiger partial charge in [0.1, 0.15) is 11.5 Å². The van der Waals surface area contributed by atoms with E-state index in [1.807, 2.05) is 0 Å². The average Bonchev–Trinajstić information content (AvgIpc) is 2.55. The molecule has 0 radical (unpaired) electrons. The summed E-state index contributed by atoms with van der Waals surface area (Å²) in [6.07, 6.45) is -0.0546. The van der Waals surface area contributed by atoms with Crippen LogP contribution in [0.5, 0.6) is 11.5 Å². The number of hydrogen-bond donors (Lipinski definition) is 4. The Balaban J connectivity index is 1.95. The molecule has 0 saturated heterocycles. The lowest BCUT2D eigenvalue weighted by Crippen LogP contribution is -2.22. The Morgan fingerprint density at radius 3 is 2.40 bits per heavy atom. The topological polar surface area (TPSA) is 124 Å². The third-order valence-electron chi connectivity index (χ3n) is 4.01. The minimum absolute atomic E-state index is 0.0546. The quantitative estimate of drug-likeness (QED) is 0.518. The van der Waals surface area contributed by atoms with Crippen molar-refractivity contribution in [3.63, 3.8) is 0 Å². The summed E-state index contributed by atoms with van der Waals surface area (Å²) in [7, 11) is 0. The Morgan fingerprint density at radius 1 is 0.960 bits per heavy atom. The van der Waals surface area contributed by atoms with Gasteiger partial charge in [0.15, 0.2) is 5.78 Å². The zero-order chi connectivity index (χ0) is 18.1. The van der Waals surface area contributed by atoms with Crippen molar-refractivity contribution >= 4 is 17.5 Å². The maximum atomic E-state index is 12.7. The summed E-state index contributed by atoms with van der Waals surface area (Å²) < 4.78 is 0. The zero-order valence-electron chi connectivity index (χ0n) is 13.1. The zero-order valence-corrected chi connectivity index (χ0v) is 13.1. The molecule has 2 aromatic carbocycles. The third-order valence-corrected chi connectivity index (χ3v) is 4.01. The first kappa shape index (κ1) is 16.7. The normalized spacial score (nSPS) is 12.6. The summed E-state index contributed by atoms with van der Waals surface area (Å²) >= 11 is 0. The van der Waals surface area contributed by atoms with Crippen LogP contribution in [0.15, 0.2) is 30.3 Å². The van der Waals surface area contributed by atoms with Crippen LogP contribution >= 0.6 is 0 Å². The Bertz CT molecular complexity index is 903. The molecule has 0 aliphatic heterocycles. The number of fused-ring (bicyclic) bond motifs is 2. The number of carbonyl (C=O) groups excluding carboxylic acids is 2. The van der Waals surface area contributed by atoms with Crippen LogP contribution in [-0.4, -0.2) is 39.4 Å². The molecular formula is C18H15NO6. The minimum Gasteiger partial charge on any atom is -0.507 e. The number of ketones is 2. The molecule has 3 rings (SSSR count). The fourth-order valence-electron chi connectivity index (χ4n) is 2.87. The first-order chi connectivity index (χ1) is 11.9. The summed E-state index contributed by atoms with van der Waals surface area (Å²) in [6, 6.07) is 7.08. The average molecular weight is 341 g/mol. The number of aromatic hydroxyl groups is 2. The van der Waals surface area contributed by atoms with Crippen LogP contribution < -0.4 is 5.32 Å². The Kier molecular flexibility index (Phi) is 4.24. The van der Waals surface area contributed by atoms with Gasteiger partial charge in [0.05, 0.1) is 17.5 Å². The number of aliphatic carboxylic acids is 1. The number of phenolic OH excluding ortho intramolecular Hbond substituents is 2. The van der Waals surface area contributed by atoms with Gasteiger partial charge in [-0.25, -0.2) is 0 Å². The first-order valence-corrected chi connectivity index (χ1v) is 7.60. The number of carboxylic acids is 1. The standard InChI is InChI=1S/C18H15NO6/c20-12-3-1-2-10-15(12)18(25)16-11(17(10)24)6-9(7-13(16)21)8-19-5-4-14(22)23/h1-3,6-7,19-21H,4-5,8H2,(H,22,23). The molecule has 0 bridgehead atoms. The smallest absolute Gasteiger partial charge is 0.304 e. The second-order valence-electron chi connectivity index (χ2n) is 5.72. The molecule has 25 heavy (non-hydrogen) atoms. The van der Waals surface area contributed by atoms with E-state index in [0.717, 1.165) is 0 Å². The van der Waals surface area contributed by atoms with Gasteiger partial charge in [-0.3, -0.25) is 14.4 Å². The molecule has 0 saturated carbocycles. The highest BCUT2D eigenvalue weighted by Crippen LogP contribution is 2.37. The highest BCUT2D eigenvalue weighted by atomic mass is 16.4. The predicted octanol–water partition coefficient (Wildman–Crippen LogP) is 1.44. The molecule has 1 aliphatic rings. The van der Waals surface area contributed by atoms with Gasteiger partial charge in [0.2, 0.25) is 5.78 Å². The Hall–Kier alpha value is -3.19. The summed E-state index contributed by atoms with van der Waals surface area (Å²) in [5.74, 6) is -2.65. The van der Waals surface area contributed by atoms with E-state index in [1.54, 1.807) is 0 Å². The summed E-state index contributed by atoms with van der Waals surface area (Å²) in [5, 5.41) is 31.6. The number of carbonyl (C=O) groups is 3. The van der Waals surface area contributed by atoms with Crippen LogP contribution in [-0.2, 0) is 11.3 Å². The van der Waals surface area contributed by atoms with Crippen LogP contribution in [0.3, 0.4) is 0 Å². The van der Waals surface area contributed by atoms with Crippen molar-refractivity contribution in [3.05, 3.63) is 58.1 Å². The van der Waals surface area contributed by atoms with Crippen molar-refractivity contribution in [2.24, 2.45) is 0 Å². The number of carboxylic acid groups (broad SMARTS) is 1. The van der Waals surface area contributed by atoms with Gasteiger partial charge in [-0.1, -0.05) is 12.1 Å². The van der Waals surface area contributed by atoms with Gasteiger partial charge in [-0.2, -0.15) is 0 Å². The van der Waals surface area contributed by atoms with Gasteiger partial charge in [0.25, 0.3) is 0 Å². The number of phenols is 2. The number of benzene rings is 2. The second kappa shape index (κ2) is 6.37. The van der Waals surface area contributed by atoms with Crippen molar-refractivity contribution in [1.82, 2.24) is 5.32 Å². The molecule has 0 unspecified atom stereocenters. The molecule has 7 heteroatoms. The van der Waals surface area contributed by atoms with E-state index in [0.29, 0.717) is 5.56 Å². The van der Waals surface area contributed by atoms with Crippen LogP contribution in [0, 0.1) is 0 Å². The molecular weight excluding hydrogens is 326 g/mol. The number of rotatable bonds is 5. The summed E-state index contributed by atoms with van der Waals surface area (Å²) in [5.41, 5.74) is 0.466. The van der Waals surface area contributed by atoms with Crippen molar-refractivity contribution in [2.45, 2.75) is 13.0 Å². The van der Waals surface area contributed by atoms with Crippen molar-refractivity contribution in [3.8, 4) is 11.5 Å². The van der Waals surface area contributed by atoms with Crippen molar-refractivity contribution in [1.29, 1.82) is 0 Å². The molecule has 0 atom stereocenters. The minimum atomic E-state index is -0.932. The van der Waals surface area contributed by atoms with Crippen LogP contribution in [0.25, 0.3) is 0 Å². The fourth-order valence-corrected chi connectivity index (χ4v) is 2.87. The molecule has 0 heterocycles. The van der Waals surface area contributed by atoms with Crippen LogP contribution in [0.2, 0.25) is 0 Å². The molecule has 1 aliphatic carbocycles. The van der Waals surface area contributed by atoms with Crippen LogP contribution in [0.1, 0.15) is 43.8 Å². The van der Waals surface area contributed by atoms with Gasteiger partial charge < -0.3 is 20.6 Å². The van der Waals surface area contributed by atoms with E-state index >= 15 is 0 Å². The van der Waals surface area contributed by atoms with E-state index in [9.17, 15) is 24.6 Å². The molecule has 0 aromatic heterocycles. The van der Waals surface area contributed by atoms with E-state index in [2.05, 4.69) is 5.32 Å². The summed E-state index contributed by atoms with van der Waals surface area (Å²) in [4.78, 5) is 35.7. The lowest BCUT2D eigenvalue weighted by Gasteiger charge is -2.20. The maximum absolute atomic E-state index is 12.7. The van der Waals surface area contributed by atoms with Crippen molar-refractivity contribution < 1.29 is 29.7 Å². The molecule has 0 fully saturated rings. The molecule has 0 spiro atoms. The first-order valence-electron chi connectivity index (χ1n) is 7.60. The molecule has 0 amide bonds. The monoisotopic (exact) mass is 341 g/mol. The fraction of sp³-hybridized carbons (Fsp3) is 0.167. The highest BCUT2D eigenvalue weighted by molar-refractivity contribution is 6.30. The van der Waals surface area contributed by atoms with Gasteiger partial charge in [0, 0.05) is 24.2 Å².